The fraction of sp³-hybridized carbons (Fsp3) is 0.714. The van der Waals surface area contributed by atoms with Crippen LogP contribution in [0.2, 0.25) is 0 Å². The number of amides is 1. The predicted molar refractivity (Wildman–Crippen MR) is 73.8 cm³/mol. The van der Waals surface area contributed by atoms with Crippen LogP contribution in [0.15, 0.2) is 12.7 Å². The van der Waals surface area contributed by atoms with Crippen LogP contribution in [-0.4, -0.2) is 47.6 Å². The first kappa shape index (κ1) is 15.7. The van der Waals surface area contributed by atoms with Gasteiger partial charge in [-0.15, -0.1) is 6.58 Å². The van der Waals surface area contributed by atoms with Gasteiger partial charge in [0, 0.05) is 19.6 Å². The van der Waals surface area contributed by atoms with E-state index in [2.05, 4.69) is 11.9 Å². The fourth-order valence-corrected chi connectivity index (χ4v) is 2.69. The summed E-state index contributed by atoms with van der Waals surface area (Å²) in [4.78, 5) is 25.3. The number of hydrogen-bond acceptors (Lipinski definition) is 3. The molecule has 0 saturated carbocycles. The van der Waals surface area contributed by atoms with Crippen LogP contribution >= 0.6 is 0 Å². The molecule has 108 valence electrons. The minimum Gasteiger partial charge on any atom is -0.481 e. The second kappa shape index (κ2) is 6.70. The van der Waals surface area contributed by atoms with Gasteiger partial charge >= 0.3 is 5.97 Å². The maximum absolute atomic E-state index is 11.9. The van der Waals surface area contributed by atoms with Crippen LogP contribution in [0.4, 0.5) is 0 Å². The summed E-state index contributed by atoms with van der Waals surface area (Å²) in [6, 6.07) is -0.293. The topological polar surface area (TPSA) is 69.6 Å². The Balaban J connectivity index is 2.65. The van der Waals surface area contributed by atoms with Crippen molar-refractivity contribution >= 4 is 11.9 Å². The number of likely N-dealkylation sites (tertiary alicyclic amines) is 1. The molecule has 5 heteroatoms. The highest BCUT2D eigenvalue weighted by Gasteiger charge is 2.45. The highest BCUT2D eigenvalue weighted by Crippen LogP contribution is 2.36. The van der Waals surface area contributed by atoms with Crippen LogP contribution in [0.1, 0.15) is 33.1 Å². The Bertz CT molecular complexity index is 357. The first-order valence-corrected chi connectivity index (χ1v) is 6.83. The van der Waals surface area contributed by atoms with Gasteiger partial charge in [-0.25, -0.2) is 0 Å². The zero-order valence-electron chi connectivity index (χ0n) is 11.8. The lowest BCUT2D eigenvalue weighted by Crippen LogP contribution is -2.45. The van der Waals surface area contributed by atoms with Gasteiger partial charge in [0.25, 0.3) is 0 Å². The molecule has 0 aromatic carbocycles. The van der Waals surface area contributed by atoms with Gasteiger partial charge in [-0.1, -0.05) is 19.4 Å². The number of hydrogen-bond donors (Lipinski definition) is 2. The van der Waals surface area contributed by atoms with Crippen LogP contribution in [0.5, 0.6) is 0 Å². The molecule has 19 heavy (non-hydrogen) atoms. The molecule has 1 fully saturated rings. The molecule has 1 aliphatic heterocycles. The molecule has 1 aliphatic rings. The second-order valence-corrected chi connectivity index (χ2v) is 5.27. The lowest BCUT2D eigenvalue weighted by Gasteiger charge is -2.27. The molecule has 1 heterocycles. The standard InChI is InChI=1S/C14H24N2O3/c1-4-6-14(13(18)19)7-9-16(10-14)11(3)12(17)15-8-5-2/h5,11H,2,4,6-10H2,1,3H3,(H,15,17)(H,18,19). The molecule has 1 saturated heterocycles. The van der Waals surface area contributed by atoms with Gasteiger partial charge in [0.2, 0.25) is 5.91 Å². The summed E-state index contributed by atoms with van der Waals surface area (Å²) >= 11 is 0. The average Bonchev–Trinajstić information content (AvgIpc) is 2.81. The van der Waals surface area contributed by atoms with E-state index < -0.39 is 11.4 Å². The minimum atomic E-state index is -0.740. The smallest absolute Gasteiger partial charge is 0.310 e. The van der Waals surface area contributed by atoms with E-state index in [1.807, 2.05) is 18.7 Å². The van der Waals surface area contributed by atoms with Crippen molar-refractivity contribution < 1.29 is 14.7 Å². The van der Waals surface area contributed by atoms with Crippen molar-refractivity contribution in [3.63, 3.8) is 0 Å². The van der Waals surface area contributed by atoms with E-state index in [4.69, 9.17) is 0 Å². The molecule has 1 amide bonds. The molecule has 0 bridgehead atoms. The van der Waals surface area contributed by atoms with Crippen molar-refractivity contribution in [3.8, 4) is 0 Å². The van der Waals surface area contributed by atoms with Crippen molar-refractivity contribution in [2.24, 2.45) is 5.41 Å². The Labute approximate surface area is 114 Å². The number of rotatable bonds is 7. The summed E-state index contributed by atoms with van der Waals surface area (Å²) in [5, 5.41) is 12.2. The fourth-order valence-electron chi connectivity index (χ4n) is 2.69. The summed E-state index contributed by atoms with van der Waals surface area (Å²) in [6.45, 7) is 8.93. The maximum atomic E-state index is 11.9. The third-order valence-electron chi connectivity index (χ3n) is 3.91. The van der Waals surface area contributed by atoms with Gasteiger partial charge in [-0.05, 0) is 19.8 Å². The summed E-state index contributed by atoms with van der Waals surface area (Å²) < 4.78 is 0. The van der Waals surface area contributed by atoms with Crippen molar-refractivity contribution in [1.82, 2.24) is 10.2 Å². The Morgan fingerprint density at radius 2 is 2.26 bits per heavy atom. The highest BCUT2D eigenvalue weighted by molar-refractivity contribution is 5.82. The SMILES string of the molecule is C=CCNC(=O)C(C)N1CCC(CCC)(C(=O)O)C1. The van der Waals surface area contributed by atoms with Crippen LogP contribution in [0.3, 0.4) is 0 Å². The minimum absolute atomic E-state index is 0.0717. The normalized spacial score (nSPS) is 24.9. The molecular weight excluding hydrogens is 244 g/mol. The molecule has 2 N–H and O–H groups in total. The van der Waals surface area contributed by atoms with Gasteiger partial charge in [-0.2, -0.15) is 0 Å². The second-order valence-electron chi connectivity index (χ2n) is 5.27. The molecule has 2 atom stereocenters. The van der Waals surface area contributed by atoms with E-state index in [1.54, 1.807) is 6.08 Å². The van der Waals surface area contributed by atoms with E-state index in [-0.39, 0.29) is 11.9 Å². The summed E-state index contributed by atoms with van der Waals surface area (Å²) in [5.41, 5.74) is -0.679. The molecular formula is C14H24N2O3. The quantitative estimate of drug-likeness (QED) is 0.682. The predicted octanol–water partition coefficient (Wildman–Crippen LogP) is 1.25. The molecule has 0 spiro atoms. The van der Waals surface area contributed by atoms with E-state index in [0.29, 0.717) is 32.5 Å². The molecule has 0 aromatic heterocycles. The molecule has 0 aromatic rings. The van der Waals surface area contributed by atoms with Gasteiger partial charge in [0.1, 0.15) is 0 Å². The lowest BCUT2D eigenvalue weighted by atomic mass is 9.83. The third-order valence-corrected chi connectivity index (χ3v) is 3.91. The Morgan fingerprint density at radius 1 is 1.58 bits per heavy atom. The summed E-state index contributed by atoms with van der Waals surface area (Å²) in [7, 11) is 0. The average molecular weight is 268 g/mol. The summed E-state index contributed by atoms with van der Waals surface area (Å²) in [5.74, 6) is -0.812. The first-order chi connectivity index (χ1) is 8.96. The lowest BCUT2D eigenvalue weighted by molar-refractivity contribution is -0.149. The van der Waals surface area contributed by atoms with Crippen LogP contribution in [0, 0.1) is 5.41 Å². The molecule has 0 radical (unpaired) electrons. The number of aliphatic carboxylic acids is 1. The number of nitrogens with zero attached hydrogens (tertiary/aromatic N) is 1. The van der Waals surface area contributed by atoms with Gasteiger partial charge in [0.05, 0.1) is 11.5 Å². The van der Waals surface area contributed by atoms with E-state index >= 15 is 0 Å². The molecule has 2 unspecified atom stereocenters. The number of carboxylic acid groups (broad SMARTS) is 1. The van der Waals surface area contributed by atoms with Crippen LogP contribution in [-0.2, 0) is 9.59 Å². The van der Waals surface area contributed by atoms with E-state index in [9.17, 15) is 14.7 Å². The van der Waals surface area contributed by atoms with E-state index in [1.165, 1.54) is 0 Å². The van der Waals surface area contributed by atoms with Crippen molar-refractivity contribution in [1.29, 1.82) is 0 Å². The number of carbonyl (C=O) groups excluding carboxylic acids is 1. The Hall–Kier alpha value is -1.36. The highest BCUT2D eigenvalue weighted by atomic mass is 16.4. The molecule has 0 aliphatic carbocycles. The zero-order chi connectivity index (χ0) is 14.5. The van der Waals surface area contributed by atoms with Gasteiger partial charge in [-0.3, -0.25) is 14.5 Å². The van der Waals surface area contributed by atoms with Gasteiger partial charge < -0.3 is 10.4 Å². The first-order valence-electron chi connectivity index (χ1n) is 6.83. The Kier molecular flexibility index (Phi) is 5.54. The maximum Gasteiger partial charge on any atom is 0.310 e. The third kappa shape index (κ3) is 3.56. The summed E-state index contributed by atoms with van der Waals surface area (Å²) in [6.07, 6.45) is 3.76. The van der Waals surface area contributed by atoms with E-state index in [0.717, 1.165) is 6.42 Å². The van der Waals surface area contributed by atoms with Crippen LogP contribution in [0.25, 0.3) is 0 Å². The number of carboxylic acids is 1. The largest absolute Gasteiger partial charge is 0.481 e. The van der Waals surface area contributed by atoms with Crippen molar-refractivity contribution in [2.45, 2.75) is 39.2 Å². The van der Waals surface area contributed by atoms with Gasteiger partial charge in [0.15, 0.2) is 0 Å². The van der Waals surface area contributed by atoms with Crippen molar-refractivity contribution in [3.05, 3.63) is 12.7 Å². The molecule has 1 rings (SSSR count). The zero-order valence-corrected chi connectivity index (χ0v) is 11.8. The van der Waals surface area contributed by atoms with Crippen molar-refractivity contribution in [2.75, 3.05) is 19.6 Å². The van der Waals surface area contributed by atoms with Crippen LogP contribution < -0.4 is 5.32 Å². The molecule has 5 nitrogen and oxygen atoms in total. The monoisotopic (exact) mass is 268 g/mol. The number of carbonyl (C=O) groups is 2. The Morgan fingerprint density at radius 3 is 2.79 bits per heavy atom. The number of nitrogens with one attached hydrogen (secondary N) is 1.